The van der Waals surface area contributed by atoms with Gasteiger partial charge in [-0.15, -0.1) is 0 Å². The third-order valence-corrected chi connectivity index (χ3v) is 1.98. The molecule has 0 aromatic rings. The highest BCUT2D eigenvalue weighted by atomic mass is 31.2. The minimum Gasteiger partial charge on any atom is -0.465 e. The maximum Gasteiger partial charge on any atom is 0.405 e. The zero-order valence-corrected chi connectivity index (χ0v) is 6.88. The summed E-state index contributed by atoms with van der Waals surface area (Å²) >= 11 is 0. The highest BCUT2D eigenvalue weighted by Gasteiger charge is 2.18. The molecule has 0 aromatic heterocycles. The Morgan fingerprint density at radius 1 is 1.73 bits per heavy atom. The number of nitrogens with one attached hydrogen (secondary N) is 1. The molecule has 0 spiro atoms. The second-order valence-corrected chi connectivity index (χ2v) is 3.54. The predicted molar refractivity (Wildman–Crippen MR) is 37.5 cm³/mol. The Bertz CT molecular complexity index is 181. The molecule has 0 aliphatic carbocycles. The first-order valence-electron chi connectivity index (χ1n) is 2.91. The summed E-state index contributed by atoms with van der Waals surface area (Å²) in [5.41, 5.74) is 0. The van der Waals surface area contributed by atoms with Gasteiger partial charge in [-0.2, -0.15) is 0 Å². The molecular formula is C4H10NO5P. The lowest BCUT2D eigenvalue weighted by molar-refractivity contribution is 0.194. The number of hydrogen-bond acceptors (Lipinski definition) is 3. The molecule has 0 saturated carbocycles. The van der Waals surface area contributed by atoms with E-state index in [1.165, 1.54) is 0 Å². The molecule has 0 aliphatic heterocycles. The Hall–Kier alpha value is -0.580. The lowest BCUT2D eigenvalue weighted by Crippen LogP contribution is -2.22. The van der Waals surface area contributed by atoms with E-state index in [9.17, 15) is 9.36 Å². The van der Waals surface area contributed by atoms with E-state index in [0.717, 1.165) is 0 Å². The van der Waals surface area contributed by atoms with E-state index in [0.29, 0.717) is 0 Å². The number of carbonyl (C=O) groups is 1. The van der Waals surface area contributed by atoms with Gasteiger partial charge in [-0.25, -0.2) is 4.79 Å². The standard InChI is InChI=1S/C4H10NO5P/c1-2-10-11(8,9)3-5-4(6)7/h5H,2-3H2,1H3,(H,6,7)(H,8,9). The van der Waals surface area contributed by atoms with E-state index in [2.05, 4.69) is 4.52 Å². The first kappa shape index (κ1) is 10.4. The summed E-state index contributed by atoms with van der Waals surface area (Å²) < 4.78 is 15.1. The van der Waals surface area contributed by atoms with Crippen molar-refractivity contribution in [1.29, 1.82) is 0 Å². The fraction of sp³-hybridized carbons (Fsp3) is 0.750. The van der Waals surface area contributed by atoms with Gasteiger partial charge in [-0.05, 0) is 6.92 Å². The fourth-order valence-electron chi connectivity index (χ4n) is 0.415. The van der Waals surface area contributed by atoms with Crippen molar-refractivity contribution < 1.29 is 23.9 Å². The normalized spacial score (nSPS) is 15.5. The van der Waals surface area contributed by atoms with Gasteiger partial charge in [-0.1, -0.05) is 0 Å². The van der Waals surface area contributed by atoms with Gasteiger partial charge in [0.25, 0.3) is 0 Å². The van der Waals surface area contributed by atoms with Crippen LogP contribution in [0.4, 0.5) is 4.79 Å². The number of hydrogen-bond donors (Lipinski definition) is 3. The second-order valence-electron chi connectivity index (χ2n) is 1.70. The maximum absolute atomic E-state index is 10.7. The van der Waals surface area contributed by atoms with E-state index in [1.807, 2.05) is 0 Å². The summed E-state index contributed by atoms with van der Waals surface area (Å²) in [4.78, 5) is 18.6. The summed E-state index contributed by atoms with van der Waals surface area (Å²) in [6.07, 6.45) is -1.92. The third-order valence-electron chi connectivity index (χ3n) is 0.761. The molecule has 3 N–H and O–H groups in total. The van der Waals surface area contributed by atoms with Crippen LogP contribution in [0.1, 0.15) is 6.92 Å². The second kappa shape index (κ2) is 4.33. The molecule has 66 valence electrons. The summed E-state index contributed by atoms with van der Waals surface area (Å²) in [5.74, 6) is 0. The quantitative estimate of drug-likeness (QED) is 0.549. The molecule has 0 fully saturated rings. The first-order valence-corrected chi connectivity index (χ1v) is 4.67. The Morgan fingerprint density at radius 3 is 2.64 bits per heavy atom. The minimum absolute atomic E-state index is 0.0784. The highest BCUT2D eigenvalue weighted by molar-refractivity contribution is 7.52. The molecule has 1 amide bonds. The van der Waals surface area contributed by atoms with Crippen molar-refractivity contribution in [1.82, 2.24) is 5.32 Å². The van der Waals surface area contributed by atoms with E-state index in [4.69, 9.17) is 10.00 Å². The van der Waals surface area contributed by atoms with Crippen molar-refractivity contribution in [2.75, 3.05) is 12.9 Å². The topological polar surface area (TPSA) is 95.9 Å². The number of rotatable bonds is 4. The smallest absolute Gasteiger partial charge is 0.405 e. The Morgan fingerprint density at radius 2 is 2.27 bits per heavy atom. The average molecular weight is 183 g/mol. The van der Waals surface area contributed by atoms with Crippen molar-refractivity contribution in [3.8, 4) is 0 Å². The minimum atomic E-state index is -3.74. The lowest BCUT2D eigenvalue weighted by Gasteiger charge is -2.09. The highest BCUT2D eigenvalue weighted by Crippen LogP contribution is 2.39. The zero-order valence-electron chi connectivity index (χ0n) is 5.98. The van der Waals surface area contributed by atoms with Crippen LogP contribution in [0, 0.1) is 0 Å². The molecule has 1 atom stereocenters. The van der Waals surface area contributed by atoms with Gasteiger partial charge in [0, 0.05) is 0 Å². The number of carboxylic acid groups (broad SMARTS) is 1. The van der Waals surface area contributed by atoms with E-state index >= 15 is 0 Å². The van der Waals surface area contributed by atoms with Crippen LogP contribution >= 0.6 is 7.60 Å². The molecular weight excluding hydrogens is 173 g/mol. The largest absolute Gasteiger partial charge is 0.465 e. The Labute approximate surface area is 63.7 Å². The van der Waals surface area contributed by atoms with Gasteiger partial charge in [0.2, 0.25) is 0 Å². The SMILES string of the molecule is CCOP(=O)(O)CNC(=O)O. The Kier molecular flexibility index (Phi) is 4.10. The van der Waals surface area contributed by atoms with Crippen molar-refractivity contribution in [3.63, 3.8) is 0 Å². The zero-order chi connectivity index (χ0) is 8.91. The lowest BCUT2D eigenvalue weighted by atomic mass is 10.9. The molecule has 0 rings (SSSR count). The molecule has 0 bridgehead atoms. The van der Waals surface area contributed by atoms with Crippen molar-refractivity contribution >= 4 is 13.7 Å². The van der Waals surface area contributed by atoms with Gasteiger partial charge in [0.1, 0.15) is 6.29 Å². The van der Waals surface area contributed by atoms with Crippen LogP contribution in [0.3, 0.4) is 0 Å². The van der Waals surface area contributed by atoms with Gasteiger partial charge < -0.3 is 19.8 Å². The molecule has 0 heterocycles. The summed E-state index contributed by atoms with van der Waals surface area (Å²) in [6.45, 7) is 1.62. The van der Waals surface area contributed by atoms with Gasteiger partial charge in [0.15, 0.2) is 0 Å². The maximum atomic E-state index is 10.7. The molecule has 0 aromatic carbocycles. The van der Waals surface area contributed by atoms with Crippen molar-refractivity contribution in [2.45, 2.75) is 6.92 Å². The molecule has 7 heteroatoms. The molecule has 6 nitrogen and oxygen atoms in total. The average Bonchev–Trinajstić information content (AvgIpc) is 1.84. The first-order chi connectivity index (χ1) is 4.98. The van der Waals surface area contributed by atoms with Crippen LogP contribution in [0.5, 0.6) is 0 Å². The third kappa shape index (κ3) is 5.84. The number of amides is 1. The predicted octanol–water partition coefficient (Wildman–Crippen LogP) is 0.433. The van der Waals surface area contributed by atoms with Crippen LogP contribution in [0.25, 0.3) is 0 Å². The summed E-state index contributed by atoms with van der Waals surface area (Å²) in [5, 5.41) is 9.80. The fourth-order valence-corrected chi connectivity index (χ4v) is 1.24. The van der Waals surface area contributed by atoms with Crippen LogP contribution in [-0.2, 0) is 9.09 Å². The van der Waals surface area contributed by atoms with E-state index < -0.39 is 20.0 Å². The van der Waals surface area contributed by atoms with Gasteiger partial charge >= 0.3 is 13.7 Å². The van der Waals surface area contributed by atoms with Crippen molar-refractivity contribution in [2.24, 2.45) is 0 Å². The summed E-state index contributed by atoms with van der Waals surface area (Å²) in [7, 11) is -3.74. The van der Waals surface area contributed by atoms with Crippen LogP contribution in [0.2, 0.25) is 0 Å². The van der Waals surface area contributed by atoms with Gasteiger partial charge in [0.05, 0.1) is 6.61 Å². The molecule has 0 aliphatic rings. The summed E-state index contributed by atoms with van der Waals surface area (Å²) in [6, 6.07) is 0. The van der Waals surface area contributed by atoms with E-state index in [1.54, 1.807) is 12.2 Å². The van der Waals surface area contributed by atoms with Crippen LogP contribution < -0.4 is 5.32 Å². The molecule has 11 heavy (non-hydrogen) atoms. The Balaban J connectivity index is 3.73. The van der Waals surface area contributed by atoms with Gasteiger partial charge in [-0.3, -0.25) is 4.57 Å². The molecule has 0 radical (unpaired) electrons. The molecule has 0 saturated heterocycles. The van der Waals surface area contributed by atoms with Crippen LogP contribution in [-0.4, -0.2) is 29.0 Å². The van der Waals surface area contributed by atoms with Crippen LogP contribution in [0.15, 0.2) is 0 Å². The van der Waals surface area contributed by atoms with Crippen molar-refractivity contribution in [3.05, 3.63) is 0 Å². The van der Waals surface area contributed by atoms with E-state index in [-0.39, 0.29) is 6.61 Å². The monoisotopic (exact) mass is 183 g/mol. The molecule has 1 unspecified atom stereocenters.